The quantitative estimate of drug-likeness (QED) is 0.0223. The van der Waals surface area contributed by atoms with Gasteiger partial charge in [-0.25, -0.2) is 9.13 Å². The van der Waals surface area contributed by atoms with Crippen LogP contribution in [-0.4, -0.2) is 81.8 Å². The van der Waals surface area contributed by atoms with E-state index in [1.54, 1.807) is 24.3 Å². The average Bonchev–Trinajstić information content (AvgIpc) is 0.844. The lowest BCUT2D eigenvalue weighted by Crippen LogP contribution is -2.31. The molecule has 3 aromatic carbocycles. The molecular formula is C84H138Cl2O17P2. The summed E-state index contributed by atoms with van der Waals surface area (Å²) in [5, 5.41) is 0.145. The first-order valence-corrected chi connectivity index (χ1v) is 44.9. The van der Waals surface area contributed by atoms with Gasteiger partial charge in [0.1, 0.15) is 44.0 Å². The van der Waals surface area contributed by atoms with Crippen LogP contribution in [0.15, 0.2) is 78.9 Å². The highest BCUT2D eigenvalue weighted by molar-refractivity contribution is 7.49. The van der Waals surface area contributed by atoms with Gasteiger partial charge in [0, 0.05) is 25.7 Å². The number of phosphoric acid groups is 2. The minimum Gasteiger partial charge on any atom is -0.462 e. The van der Waals surface area contributed by atoms with Gasteiger partial charge in [0.15, 0.2) is 12.2 Å². The number of hydrogen-bond donors (Lipinski definition) is 0. The van der Waals surface area contributed by atoms with Gasteiger partial charge in [-0.3, -0.25) is 37.3 Å². The molecule has 21 heteroatoms. The number of unbranched alkanes of at least 4 members (excludes halogenated alkanes) is 40. The molecule has 3 rings (SSSR count). The SMILES string of the molecule is CCCCCCCCCCCCCC(=O)OC[C@H](COP(=O)(OCC(COP(=O)(OC[C@@H](COC(=O)CCCCCCCCCCCCC)OC(=O)CCCCCCCCCCCCC)Oc1ccccc1Cl)OCc1ccccc1)Oc1ccccc1Cl)OC(=O)CCCCCCCCCCCCC. The van der Waals surface area contributed by atoms with Gasteiger partial charge in [-0.05, 0) is 55.5 Å². The highest BCUT2D eigenvalue weighted by Gasteiger charge is 2.37. The second-order valence-corrected chi connectivity index (χ2v) is 32.3. The van der Waals surface area contributed by atoms with Crippen LogP contribution in [0.5, 0.6) is 11.5 Å². The summed E-state index contributed by atoms with van der Waals surface area (Å²) in [6.07, 6.45) is 45.8. The molecule has 105 heavy (non-hydrogen) atoms. The molecule has 0 bridgehead atoms. The number of ether oxygens (including phenoxy) is 5. The molecule has 600 valence electrons. The van der Waals surface area contributed by atoms with Gasteiger partial charge >= 0.3 is 39.5 Å². The first-order chi connectivity index (χ1) is 51.2. The maximum Gasteiger partial charge on any atom is 0.530 e. The van der Waals surface area contributed by atoms with Crippen LogP contribution in [0.4, 0.5) is 0 Å². The maximum absolute atomic E-state index is 15.3. The number of phosphoric ester groups is 2. The molecule has 0 aliphatic carbocycles. The number of benzene rings is 3. The van der Waals surface area contributed by atoms with E-state index >= 15 is 9.13 Å². The van der Waals surface area contributed by atoms with Gasteiger partial charge in [-0.2, -0.15) is 0 Å². The van der Waals surface area contributed by atoms with Gasteiger partial charge in [0.2, 0.25) is 0 Å². The number of rotatable bonds is 73. The molecule has 0 spiro atoms. The van der Waals surface area contributed by atoms with Crippen LogP contribution in [0.25, 0.3) is 0 Å². The summed E-state index contributed by atoms with van der Waals surface area (Å²) in [6, 6.07) is 21.7. The summed E-state index contributed by atoms with van der Waals surface area (Å²) in [5.74, 6) is -2.15. The third-order valence-corrected chi connectivity index (χ3v) is 21.8. The van der Waals surface area contributed by atoms with Crippen molar-refractivity contribution in [2.75, 3.05) is 39.6 Å². The van der Waals surface area contributed by atoms with E-state index in [9.17, 15) is 19.2 Å². The van der Waals surface area contributed by atoms with Gasteiger partial charge in [0.05, 0.1) is 29.9 Å². The molecule has 0 saturated carbocycles. The number of esters is 4. The van der Waals surface area contributed by atoms with Gasteiger partial charge < -0.3 is 32.7 Å². The second-order valence-electron chi connectivity index (χ2n) is 28.3. The Balaban J connectivity index is 1.86. The van der Waals surface area contributed by atoms with E-state index in [-0.39, 0.29) is 53.8 Å². The maximum atomic E-state index is 15.3. The number of halogens is 2. The largest absolute Gasteiger partial charge is 0.530 e. The minimum atomic E-state index is -4.87. The lowest BCUT2D eigenvalue weighted by molar-refractivity contribution is -0.161. The number of carbonyl (C=O) groups is 4. The molecule has 4 atom stereocenters. The van der Waals surface area contributed by atoms with Crippen molar-refractivity contribution in [2.24, 2.45) is 0 Å². The smallest absolute Gasteiger partial charge is 0.462 e. The van der Waals surface area contributed by atoms with Crippen molar-refractivity contribution in [3.63, 3.8) is 0 Å². The van der Waals surface area contributed by atoms with Crippen molar-refractivity contribution in [1.82, 2.24) is 0 Å². The summed E-state index contributed by atoms with van der Waals surface area (Å²) < 4.78 is 96.7. The Morgan fingerprint density at radius 2 is 0.552 bits per heavy atom. The van der Waals surface area contributed by atoms with Crippen LogP contribution in [0.2, 0.25) is 10.0 Å². The Morgan fingerprint density at radius 1 is 0.305 bits per heavy atom. The normalized spacial score (nSPS) is 13.5. The molecule has 2 unspecified atom stereocenters. The first-order valence-electron chi connectivity index (χ1n) is 41.2. The molecule has 0 fully saturated rings. The van der Waals surface area contributed by atoms with Crippen LogP contribution in [0.1, 0.15) is 341 Å². The zero-order valence-corrected chi connectivity index (χ0v) is 68.5. The summed E-state index contributed by atoms with van der Waals surface area (Å²) in [7, 11) is -9.73. The summed E-state index contributed by atoms with van der Waals surface area (Å²) in [4.78, 5) is 53.8. The monoisotopic (exact) mass is 1550 g/mol. The highest BCUT2D eigenvalue weighted by atomic mass is 35.5. The fourth-order valence-electron chi connectivity index (χ4n) is 12.1. The molecule has 0 radical (unpaired) electrons. The van der Waals surface area contributed by atoms with Crippen molar-refractivity contribution < 1.29 is 79.1 Å². The molecular weight excluding hydrogens is 1410 g/mol. The van der Waals surface area contributed by atoms with Crippen molar-refractivity contribution in [2.45, 2.75) is 361 Å². The minimum absolute atomic E-state index is 0.0469. The van der Waals surface area contributed by atoms with E-state index in [1.165, 1.54) is 191 Å². The summed E-state index contributed by atoms with van der Waals surface area (Å²) >= 11 is 13.2. The predicted octanol–water partition coefficient (Wildman–Crippen LogP) is 26.0. The van der Waals surface area contributed by atoms with Crippen molar-refractivity contribution >= 4 is 62.7 Å². The first kappa shape index (κ1) is 95.2. The van der Waals surface area contributed by atoms with Crippen LogP contribution in [-0.2, 0) is 76.7 Å². The fourth-order valence-corrected chi connectivity index (χ4v) is 15.1. The zero-order chi connectivity index (χ0) is 75.8. The molecule has 0 aromatic heterocycles. The van der Waals surface area contributed by atoms with Crippen molar-refractivity contribution in [3.05, 3.63) is 94.5 Å². The average molecular weight is 1550 g/mol. The second kappa shape index (κ2) is 64.8. The van der Waals surface area contributed by atoms with E-state index in [0.29, 0.717) is 25.7 Å². The number of hydrogen-bond acceptors (Lipinski definition) is 17. The molecule has 0 aliphatic heterocycles. The topological polar surface area (TPSA) is 204 Å². The van der Waals surface area contributed by atoms with Crippen LogP contribution < -0.4 is 9.05 Å². The Hall–Kier alpha value is -4.02. The van der Waals surface area contributed by atoms with Crippen molar-refractivity contribution in [3.8, 4) is 11.5 Å². The van der Waals surface area contributed by atoms with E-state index in [4.69, 9.17) is 74.0 Å². The van der Waals surface area contributed by atoms with E-state index < -0.39 is 97.5 Å². The molecule has 3 aromatic rings. The molecule has 17 nitrogen and oxygen atoms in total. The Kier molecular flexibility index (Phi) is 58.7. The van der Waals surface area contributed by atoms with Crippen LogP contribution >= 0.6 is 38.8 Å². The predicted molar refractivity (Wildman–Crippen MR) is 424 cm³/mol. The molecule has 0 saturated heterocycles. The molecule has 0 heterocycles. The third kappa shape index (κ3) is 52.7. The van der Waals surface area contributed by atoms with E-state index in [2.05, 4.69) is 27.7 Å². The van der Waals surface area contributed by atoms with Gasteiger partial charge in [-0.1, -0.05) is 362 Å². The van der Waals surface area contributed by atoms with Crippen molar-refractivity contribution in [1.29, 1.82) is 0 Å². The molecule has 0 aliphatic rings. The summed E-state index contributed by atoms with van der Waals surface area (Å²) in [5.41, 5.74) is 0.729. The highest BCUT2D eigenvalue weighted by Crippen LogP contribution is 2.53. The van der Waals surface area contributed by atoms with Crippen LogP contribution in [0.3, 0.4) is 0 Å². The number of carbonyl (C=O) groups excluding carboxylic acids is 4. The summed E-state index contributed by atoms with van der Waals surface area (Å²) in [6.45, 7) is 5.61. The number of para-hydroxylation sites is 2. The van der Waals surface area contributed by atoms with Gasteiger partial charge in [0.25, 0.3) is 0 Å². The van der Waals surface area contributed by atoms with Crippen LogP contribution in [0, 0.1) is 0 Å². The molecule has 0 N–H and O–H groups in total. The zero-order valence-electron chi connectivity index (χ0n) is 65.2. The van der Waals surface area contributed by atoms with Gasteiger partial charge in [-0.15, -0.1) is 0 Å². The van der Waals surface area contributed by atoms with E-state index in [1.807, 2.05) is 30.3 Å². The fraction of sp³-hybridized carbons (Fsp3) is 0.738. The Morgan fingerprint density at radius 3 is 0.838 bits per heavy atom. The third-order valence-electron chi connectivity index (χ3n) is 18.5. The lowest BCUT2D eigenvalue weighted by Gasteiger charge is -2.26. The lowest BCUT2D eigenvalue weighted by atomic mass is 10.1. The standard InChI is InChI=1S/C84H138Cl2O17P2/c1-5-9-13-17-21-25-29-33-37-41-48-62-81(87)94-67-75(100-83(89)64-50-43-39-35-31-27-23-19-15-11-7-3)71-98-104(91,102-79-60-54-52-58-77(79)85)96-69-74(93-66-73-56-46-45-47-57-73)70-97-105(92,103-80-61-55-53-59-78(80)86)99-72-76(101-84(90)65-51-44-40-36-32-28-24-20-16-12-8-4)68-95-82(88)63-49-42-38-34-30-26-22-18-14-10-6-2/h45-47,52-61,74-76H,5-44,48-51,62-72H2,1-4H3/t74?,75-,76-,104?,105?/m1/s1. The Bertz CT molecular complexity index is 2570. The Labute approximate surface area is 644 Å². The van der Waals surface area contributed by atoms with E-state index in [0.717, 1.165) is 95.5 Å². The molecule has 0 amide bonds.